The first-order valence-corrected chi connectivity index (χ1v) is 7.83. The predicted molar refractivity (Wildman–Crippen MR) is 84.5 cm³/mol. The van der Waals surface area contributed by atoms with Gasteiger partial charge < -0.3 is 4.90 Å². The standard InChI is InChI=1S/C17H22N4O/c1-12(2)14-11-16(20(3)19-14)17(22)21-10-6-8-15(21)13-7-4-5-9-18-13/h4-5,7,9,11-12,15H,6,8,10H2,1-3H3/t15-/m1/s1. The van der Waals surface area contributed by atoms with Crippen LogP contribution in [-0.4, -0.2) is 32.1 Å². The number of amides is 1. The summed E-state index contributed by atoms with van der Waals surface area (Å²) in [6.45, 7) is 4.95. The van der Waals surface area contributed by atoms with Gasteiger partial charge in [0.15, 0.2) is 0 Å². The van der Waals surface area contributed by atoms with E-state index in [0.29, 0.717) is 11.6 Å². The van der Waals surface area contributed by atoms with Gasteiger partial charge in [0.1, 0.15) is 5.69 Å². The van der Waals surface area contributed by atoms with Crippen molar-refractivity contribution in [3.63, 3.8) is 0 Å². The third kappa shape index (κ3) is 2.63. The van der Waals surface area contributed by atoms with E-state index in [2.05, 4.69) is 23.9 Å². The van der Waals surface area contributed by atoms with Crippen molar-refractivity contribution in [1.29, 1.82) is 0 Å². The Hall–Kier alpha value is -2.17. The molecule has 3 heterocycles. The lowest BCUT2D eigenvalue weighted by Gasteiger charge is -2.24. The number of likely N-dealkylation sites (tertiary alicyclic amines) is 1. The monoisotopic (exact) mass is 298 g/mol. The van der Waals surface area contributed by atoms with Gasteiger partial charge in [-0.15, -0.1) is 0 Å². The van der Waals surface area contributed by atoms with Crippen LogP contribution in [-0.2, 0) is 7.05 Å². The largest absolute Gasteiger partial charge is 0.329 e. The average molecular weight is 298 g/mol. The highest BCUT2D eigenvalue weighted by Crippen LogP contribution is 2.32. The van der Waals surface area contributed by atoms with Crippen LogP contribution >= 0.6 is 0 Å². The first-order valence-electron chi connectivity index (χ1n) is 7.83. The number of aryl methyl sites for hydroxylation is 1. The zero-order valence-electron chi connectivity index (χ0n) is 13.4. The molecule has 1 fully saturated rings. The topological polar surface area (TPSA) is 51.0 Å². The summed E-state index contributed by atoms with van der Waals surface area (Å²) in [5.41, 5.74) is 2.59. The fourth-order valence-electron chi connectivity index (χ4n) is 3.01. The molecule has 0 radical (unpaired) electrons. The van der Waals surface area contributed by atoms with Gasteiger partial charge in [-0.1, -0.05) is 19.9 Å². The van der Waals surface area contributed by atoms with Gasteiger partial charge in [-0.2, -0.15) is 5.10 Å². The summed E-state index contributed by atoms with van der Waals surface area (Å²) in [5, 5.41) is 4.45. The number of pyridine rings is 1. The van der Waals surface area contributed by atoms with Gasteiger partial charge in [-0.3, -0.25) is 14.5 Å². The van der Waals surface area contributed by atoms with Crippen LogP contribution in [0.1, 0.15) is 60.5 Å². The van der Waals surface area contributed by atoms with Gasteiger partial charge in [0, 0.05) is 19.8 Å². The number of carbonyl (C=O) groups excluding carboxylic acids is 1. The molecule has 5 nitrogen and oxygen atoms in total. The molecule has 1 aliphatic heterocycles. The fourth-order valence-corrected chi connectivity index (χ4v) is 3.01. The van der Waals surface area contributed by atoms with Crippen molar-refractivity contribution in [2.75, 3.05) is 6.54 Å². The van der Waals surface area contributed by atoms with Crippen molar-refractivity contribution in [1.82, 2.24) is 19.7 Å². The van der Waals surface area contributed by atoms with Crippen molar-refractivity contribution in [2.24, 2.45) is 7.05 Å². The van der Waals surface area contributed by atoms with Gasteiger partial charge in [0.05, 0.1) is 17.4 Å². The first-order chi connectivity index (χ1) is 10.6. The van der Waals surface area contributed by atoms with Crippen LogP contribution in [0.3, 0.4) is 0 Å². The molecule has 2 aromatic rings. The molecule has 0 spiro atoms. The van der Waals surface area contributed by atoms with Gasteiger partial charge in [-0.25, -0.2) is 0 Å². The van der Waals surface area contributed by atoms with Crippen LogP contribution in [0.5, 0.6) is 0 Å². The molecule has 1 atom stereocenters. The van der Waals surface area contributed by atoms with Crippen LogP contribution in [0.25, 0.3) is 0 Å². The Labute approximate surface area is 131 Å². The zero-order valence-corrected chi connectivity index (χ0v) is 13.4. The van der Waals surface area contributed by atoms with Gasteiger partial charge in [-0.05, 0) is 37.0 Å². The van der Waals surface area contributed by atoms with E-state index in [0.717, 1.165) is 30.8 Å². The molecule has 5 heteroatoms. The minimum Gasteiger partial charge on any atom is -0.329 e. The molecular weight excluding hydrogens is 276 g/mol. The Morgan fingerprint density at radius 3 is 2.82 bits per heavy atom. The molecule has 22 heavy (non-hydrogen) atoms. The van der Waals surface area contributed by atoms with Crippen LogP contribution in [0.4, 0.5) is 0 Å². The zero-order chi connectivity index (χ0) is 15.7. The summed E-state index contributed by atoms with van der Waals surface area (Å²) >= 11 is 0. The van der Waals surface area contributed by atoms with E-state index < -0.39 is 0 Å². The number of rotatable bonds is 3. The molecule has 0 bridgehead atoms. The molecule has 2 aromatic heterocycles. The predicted octanol–water partition coefficient (Wildman–Crippen LogP) is 2.92. The summed E-state index contributed by atoms with van der Waals surface area (Å²) < 4.78 is 1.70. The number of hydrogen-bond donors (Lipinski definition) is 0. The van der Waals surface area contributed by atoms with Crippen molar-refractivity contribution in [2.45, 2.75) is 38.6 Å². The number of hydrogen-bond acceptors (Lipinski definition) is 3. The third-order valence-corrected chi connectivity index (χ3v) is 4.25. The minimum absolute atomic E-state index is 0.0510. The van der Waals surface area contributed by atoms with E-state index >= 15 is 0 Å². The second kappa shape index (κ2) is 5.91. The highest BCUT2D eigenvalue weighted by Gasteiger charge is 2.32. The Morgan fingerprint density at radius 1 is 1.36 bits per heavy atom. The van der Waals surface area contributed by atoms with E-state index in [-0.39, 0.29) is 11.9 Å². The SMILES string of the molecule is CC(C)c1cc(C(=O)N2CCC[C@@H]2c2ccccn2)n(C)n1. The van der Waals surface area contributed by atoms with Crippen molar-refractivity contribution in [3.8, 4) is 0 Å². The quantitative estimate of drug-likeness (QED) is 0.875. The van der Waals surface area contributed by atoms with Crippen LogP contribution in [0, 0.1) is 0 Å². The molecule has 1 saturated heterocycles. The lowest BCUT2D eigenvalue weighted by molar-refractivity contribution is 0.0721. The lowest BCUT2D eigenvalue weighted by Crippen LogP contribution is -2.32. The first kappa shape index (κ1) is 14.8. The minimum atomic E-state index is 0.0510. The average Bonchev–Trinajstić information content (AvgIpc) is 3.14. The van der Waals surface area contributed by atoms with Crippen LogP contribution < -0.4 is 0 Å². The Bertz CT molecular complexity index is 663. The molecule has 0 unspecified atom stereocenters. The van der Waals surface area contributed by atoms with E-state index in [1.165, 1.54) is 0 Å². The maximum absolute atomic E-state index is 12.9. The van der Waals surface area contributed by atoms with Crippen LogP contribution in [0.2, 0.25) is 0 Å². The smallest absolute Gasteiger partial charge is 0.272 e. The van der Waals surface area contributed by atoms with Gasteiger partial charge in [0.25, 0.3) is 5.91 Å². The maximum Gasteiger partial charge on any atom is 0.272 e. The lowest BCUT2D eigenvalue weighted by atomic mass is 10.1. The van der Waals surface area contributed by atoms with E-state index in [1.54, 1.807) is 10.9 Å². The van der Waals surface area contributed by atoms with E-state index in [9.17, 15) is 4.79 Å². The molecule has 0 saturated carbocycles. The fraction of sp³-hybridized carbons (Fsp3) is 0.471. The van der Waals surface area contributed by atoms with E-state index in [4.69, 9.17) is 0 Å². The maximum atomic E-state index is 12.9. The molecule has 0 aromatic carbocycles. The Morgan fingerprint density at radius 2 is 2.18 bits per heavy atom. The summed E-state index contributed by atoms with van der Waals surface area (Å²) in [4.78, 5) is 19.3. The highest BCUT2D eigenvalue weighted by molar-refractivity contribution is 5.93. The Kier molecular flexibility index (Phi) is 3.96. The molecule has 3 rings (SSSR count). The molecule has 1 aliphatic rings. The molecule has 0 N–H and O–H groups in total. The van der Waals surface area contributed by atoms with Crippen molar-refractivity contribution in [3.05, 3.63) is 47.5 Å². The molecule has 116 valence electrons. The number of aromatic nitrogens is 3. The number of carbonyl (C=O) groups is 1. The molecular formula is C17H22N4O. The molecule has 0 aliphatic carbocycles. The van der Waals surface area contributed by atoms with Gasteiger partial charge >= 0.3 is 0 Å². The van der Waals surface area contributed by atoms with E-state index in [1.807, 2.05) is 36.2 Å². The Balaban J connectivity index is 1.88. The van der Waals surface area contributed by atoms with Gasteiger partial charge in [0.2, 0.25) is 0 Å². The highest BCUT2D eigenvalue weighted by atomic mass is 16.2. The summed E-state index contributed by atoms with van der Waals surface area (Å²) in [7, 11) is 1.84. The summed E-state index contributed by atoms with van der Waals surface area (Å²) in [5.74, 6) is 0.368. The van der Waals surface area contributed by atoms with Crippen molar-refractivity contribution >= 4 is 5.91 Å². The summed E-state index contributed by atoms with van der Waals surface area (Å²) in [6.07, 6.45) is 3.77. The second-order valence-corrected chi connectivity index (χ2v) is 6.14. The normalized spacial score (nSPS) is 18.2. The second-order valence-electron chi connectivity index (χ2n) is 6.14. The van der Waals surface area contributed by atoms with Crippen LogP contribution in [0.15, 0.2) is 30.5 Å². The summed E-state index contributed by atoms with van der Waals surface area (Å²) in [6, 6.07) is 7.87. The molecule has 1 amide bonds. The van der Waals surface area contributed by atoms with Crippen molar-refractivity contribution < 1.29 is 4.79 Å². The third-order valence-electron chi connectivity index (χ3n) is 4.25. The number of nitrogens with zero attached hydrogens (tertiary/aromatic N) is 4.